The number of H-pyrrole nitrogens is 1. The Morgan fingerprint density at radius 1 is 1.22 bits per heavy atom. The highest BCUT2D eigenvalue weighted by molar-refractivity contribution is 6.37. The van der Waals surface area contributed by atoms with E-state index in [0.29, 0.717) is 58.7 Å². The number of methoxy groups -OCH3 is 1. The number of carbonyl (C=O) groups excluding carboxylic acids is 2. The zero-order valence-corrected chi connectivity index (χ0v) is 23.5. The number of nitrogens with one attached hydrogen (secondary N) is 1. The van der Waals surface area contributed by atoms with Crippen LogP contribution in [0.15, 0.2) is 16.9 Å². The van der Waals surface area contributed by atoms with Crippen molar-refractivity contribution >= 4 is 35.2 Å². The van der Waals surface area contributed by atoms with Gasteiger partial charge in [0.15, 0.2) is 0 Å². The fourth-order valence-corrected chi connectivity index (χ4v) is 5.63. The quantitative estimate of drug-likeness (QED) is 0.555. The number of fused-ring (bicyclic) bond motifs is 1. The number of hydrogen-bond acceptors (Lipinski definition) is 5. The Morgan fingerprint density at radius 3 is 2.51 bits per heavy atom. The Labute approximate surface area is 226 Å². The lowest BCUT2D eigenvalue weighted by molar-refractivity contribution is -0.00417. The van der Waals surface area contributed by atoms with Gasteiger partial charge in [-0.3, -0.25) is 9.59 Å². The van der Waals surface area contributed by atoms with Gasteiger partial charge in [0.25, 0.3) is 11.5 Å². The minimum absolute atomic E-state index is 0.0304. The molecular weight excluding hydrogens is 517 g/mol. The number of rotatable bonds is 5. The molecule has 8 nitrogen and oxygen atoms in total. The van der Waals surface area contributed by atoms with Crippen LogP contribution in [-0.4, -0.2) is 59.1 Å². The minimum Gasteiger partial charge on any atom is -0.496 e. The lowest BCUT2D eigenvalue weighted by Crippen LogP contribution is -2.53. The van der Waals surface area contributed by atoms with E-state index in [1.807, 2.05) is 33.8 Å². The average Bonchev–Trinajstić information content (AvgIpc) is 2.76. The molecule has 0 aliphatic carbocycles. The third-order valence-electron chi connectivity index (χ3n) is 7.04. The fraction of sp³-hybridized carbons (Fsp3) is 0.519. The van der Waals surface area contributed by atoms with E-state index in [9.17, 15) is 14.4 Å². The molecule has 4 rings (SSSR count). The first-order valence-electron chi connectivity index (χ1n) is 12.4. The van der Waals surface area contributed by atoms with Crippen molar-refractivity contribution in [1.82, 2.24) is 14.8 Å². The van der Waals surface area contributed by atoms with Gasteiger partial charge in [0.2, 0.25) is 0 Å². The van der Waals surface area contributed by atoms with Gasteiger partial charge in [-0.2, -0.15) is 0 Å². The van der Waals surface area contributed by atoms with Crippen molar-refractivity contribution in [2.75, 3.05) is 26.7 Å². The number of amides is 2. The molecule has 200 valence electrons. The summed E-state index contributed by atoms with van der Waals surface area (Å²) in [5.41, 5.74) is 2.10. The highest BCUT2D eigenvalue weighted by Crippen LogP contribution is 2.42. The van der Waals surface area contributed by atoms with E-state index in [4.69, 9.17) is 32.7 Å². The second-order valence-corrected chi connectivity index (χ2v) is 11.6. The molecule has 0 spiro atoms. The summed E-state index contributed by atoms with van der Waals surface area (Å²) >= 11 is 13.5. The molecular formula is C27H33Cl2N3O5. The first-order valence-corrected chi connectivity index (χ1v) is 13.1. The van der Waals surface area contributed by atoms with Gasteiger partial charge in [-0.25, -0.2) is 4.79 Å². The monoisotopic (exact) mass is 549 g/mol. The Bertz CT molecular complexity index is 1290. The van der Waals surface area contributed by atoms with E-state index in [1.165, 1.54) is 7.11 Å². The van der Waals surface area contributed by atoms with E-state index < -0.39 is 5.60 Å². The van der Waals surface area contributed by atoms with Gasteiger partial charge in [-0.05, 0) is 63.3 Å². The lowest BCUT2D eigenvalue weighted by Gasteiger charge is -2.43. The van der Waals surface area contributed by atoms with Crippen molar-refractivity contribution in [2.24, 2.45) is 5.92 Å². The van der Waals surface area contributed by atoms with Crippen LogP contribution in [0.5, 0.6) is 5.75 Å². The molecule has 2 aliphatic heterocycles. The molecule has 1 atom stereocenters. The zero-order chi connectivity index (χ0) is 27.2. The number of nitrogens with zero attached hydrogens (tertiary/aromatic N) is 2. The van der Waals surface area contributed by atoms with Gasteiger partial charge in [0, 0.05) is 36.3 Å². The van der Waals surface area contributed by atoms with Gasteiger partial charge in [-0.15, -0.1) is 0 Å². The number of ether oxygens (including phenoxy) is 2. The van der Waals surface area contributed by atoms with E-state index in [-0.39, 0.29) is 35.9 Å². The summed E-state index contributed by atoms with van der Waals surface area (Å²) in [5.74, 6) is 0.292. The topological polar surface area (TPSA) is 91.9 Å². The molecule has 0 saturated carbocycles. The van der Waals surface area contributed by atoms with Crippen molar-refractivity contribution in [1.29, 1.82) is 0 Å². The predicted octanol–water partition coefficient (Wildman–Crippen LogP) is 5.17. The number of pyridine rings is 1. The van der Waals surface area contributed by atoms with Crippen molar-refractivity contribution in [3.05, 3.63) is 60.5 Å². The molecule has 0 bridgehead atoms. The Kier molecular flexibility index (Phi) is 7.55. The van der Waals surface area contributed by atoms with Crippen LogP contribution in [0.4, 0.5) is 4.79 Å². The van der Waals surface area contributed by atoms with Crippen LogP contribution in [0.1, 0.15) is 66.4 Å². The summed E-state index contributed by atoms with van der Waals surface area (Å²) in [4.78, 5) is 44.6. The Morgan fingerprint density at radius 2 is 1.89 bits per heavy atom. The molecule has 1 unspecified atom stereocenters. The molecule has 2 aliphatic rings. The molecule has 37 heavy (non-hydrogen) atoms. The van der Waals surface area contributed by atoms with Gasteiger partial charge in [0.05, 0.1) is 29.8 Å². The van der Waals surface area contributed by atoms with Crippen LogP contribution in [0.3, 0.4) is 0 Å². The molecule has 2 aromatic rings. The first-order chi connectivity index (χ1) is 17.3. The molecule has 1 N–H and O–H groups in total. The number of hydrogen-bond donors (Lipinski definition) is 1. The number of aryl methyl sites for hydroxylation is 1. The van der Waals surface area contributed by atoms with E-state index in [2.05, 4.69) is 4.98 Å². The molecule has 1 aromatic heterocycles. The van der Waals surface area contributed by atoms with E-state index >= 15 is 0 Å². The van der Waals surface area contributed by atoms with Crippen LogP contribution in [-0.2, 0) is 17.7 Å². The third kappa shape index (κ3) is 5.46. The van der Waals surface area contributed by atoms with Crippen LogP contribution in [0, 0.1) is 12.8 Å². The smallest absolute Gasteiger partial charge is 0.410 e. The van der Waals surface area contributed by atoms with Gasteiger partial charge in [-0.1, -0.05) is 30.1 Å². The number of benzene rings is 1. The maximum absolute atomic E-state index is 13.6. The summed E-state index contributed by atoms with van der Waals surface area (Å²) in [6.45, 7) is 10.9. The van der Waals surface area contributed by atoms with E-state index in [1.54, 1.807) is 22.8 Å². The van der Waals surface area contributed by atoms with Gasteiger partial charge >= 0.3 is 6.09 Å². The van der Waals surface area contributed by atoms with Crippen LogP contribution < -0.4 is 10.3 Å². The first kappa shape index (κ1) is 27.3. The van der Waals surface area contributed by atoms with Crippen molar-refractivity contribution < 1.29 is 19.1 Å². The number of halogens is 2. The fourth-order valence-electron chi connectivity index (χ4n) is 4.91. The maximum Gasteiger partial charge on any atom is 0.410 e. The average molecular weight is 550 g/mol. The second-order valence-electron chi connectivity index (χ2n) is 10.9. The number of likely N-dealkylation sites (tertiary alicyclic amines) is 1. The normalized spacial score (nSPS) is 16.8. The summed E-state index contributed by atoms with van der Waals surface area (Å²) in [6.07, 6.45) is 0.189. The molecule has 1 aromatic carbocycles. The Balaban J connectivity index is 1.56. The van der Waals surface area contributed by atoms with Crippen molar-refractivity contribution in [2.45, 2.75) is 59.1 Å². The largest absolute Gasteiger partial charge is 0.496 e. The SMILES string of the molecule is COc1cc(C)[nH]c(=O)c1CN1CCc2c(Cl)cc(C(C)C3CN(C(=O)OC(C)(C)C)C3)c(Cl)c2C1=O. The molecule has 2 amide bonds. The molecule has 0 radical (unpaired) electrons. The van der Waals surface area contributed by atoms with Crippen LogP contribution in [0.2, 0.25) is 10.0 Å². The highest BCUT2D eigenvalue weighted by atomic mass is 35.5. The number of carbonyl (C=O) groups is 2. The molecule has 3 heterocycles. The summed E-state index contributed by atoms with van der Waals surface area (Å²) < 4.78 is 10.9. The summed E-state index contributed by atoms with van der Waals surface area (Å²) in [6, 6.07) is 3.59. The lowest BCUT2D eigenvalue weighted by atomic mass is 9.81. The van der Waals surface area contributed by atoms with Crippen molar-refractivity contribution in [3.63, 3.8) is 0 Å². The standard InChI is InChI=1S/C27H33Cl2N3O5/c1-14-9-21(36-6)19(24(33)30-14)13-31-8-7-17-20(28)10-18(23(29)22(17)25(31)34)15(2)16-11-32(12-16)26(35)37-27(3,4)5/h9-10,15-16H,7-8,11-13H2,1-6H3,(H,30,33). The van der Waals surface area contributed by atoms with Gasteiger partial charge < -0.3 is 24.3 Å². The maximum atomic E-state index is 13.6. The molecule has 10 heteroatoms. The number of aromatic nitrogens is 1. The second kappa shape index (κ2) is 10.2. The van der Waals surface area contributed by atoms with Crippen molar-refractivity contribution in [3.8, 4) is 5.75 Å². The van der Waals surface area contributed by atoms with E-state index in [0.717, 1.165) is 11.1 Å². The summed E-state index contributed by atoms with van der Waals surface area (Å²) in [5, 5.41) is 0.880. The number of aromatic amines is 1. The Hall–Kier alpha value is -2.71. The minimum atomic E-state index is -0.553. The molecule has 1 fully saturated rings. The van der Waals surface area contributed by atoms with Crippen LogP contribution in [0.25, 0.3) is 0 Å². The highest BCUT2D eigenvalue weighted by Gasteiger charge is 2.39. The molecule has 1 saturated heterocycles. The third-order valence-corrected chi connectivity index (χ3v) is 7.78. The summed E-state index contributed by atoms with van der Waals surface area (Å²) in [7, 11) is 1.50. The predicted molar refractivity (Wildman–Crippen MR) is 143 cm³/mol. The van der Waals surface area contributed by atoms with Crippen LogP contribution >= 0.6 is 23.2 Å². The van der Waals surface area contributed by atoms with Gasteiger partial charge in [0.1, 0.15) is 11.4 Å². The zero-order valence-electron chi connectivity index (χ0n) is 22.0.